The SMILES string of the molecule is COC1=NC(Cc2ccco2)CCCC1. The average Bonchev–Trinajstić information content (AvgIpc) is 2.64. The van der Waals surface area contributed by atoms with Crippen molar-refractivity contribution in [2.24, 2.45) is 4.99 Å². The quantitative estimate of drug-likeness (QED) is 0.747. The van der Waals surface area contributed by atoms with E-state index in [9.17, 15) is 0 Å². The molecule has 15 heavy (non-hydrogen) atoms. The van der Waals surface area contributed by atoms with Crippen molar-refractivity contribution >= 4 is 5.90 Å². The van der Waals surface area contributed by atoms with Crippen LogP contribution in [0.5, 0.6) is 0 Å². The summed E-state index contributed by atoms with van der Waals surface area (Å²) in [6, 6.07) is 4.26. The summed E-state index contributed by atoms with van der Waals surface area (Å²) in [5, 5.41) is 0. The van der Waals surface area contributed by atoms with Gasteiger partial charge in [0.05, 0.1) is 19.4 Å². The van der Waals surface area contributed by atoms with E-state index < -0.39 is 0 Å². The van der Waals surface area contributed by atoms with Gasteiger partial charge in [-0.3, -0.25) is 4.99 Å². The highest BCUT2D eigenvalue weighted by molar-refractivity contribution is 5.76. The van der Waals surface area contributed by atoms with Crippen LogP contribution in [0.3, 0.4) is 0 Å². The maximum absolute atomic E-state index is 5.34. The highest BCUT2D eigenvalue weighted by Gasteiger charge is 2.15. The normalized spacial score (nSPS) is 21.9. The number of hydrogen-bond acceptors (Lipinski definition) is 3. The highest BCUT2D eigenvalue weighted by Crippen LogP contribution is 2.18. The van der Waals surface area contributed by atoms with Gasteiger partial charge in [-0.15, -0.1) is 0 Å². The molecule has 1 aliphatic rings. The summed E-state index contributed by atoms with van der Waals surface area (Å²) in [6.07, 6.45) is 7.12. The van der Waals surface area contributed by atoms with Gasteiger partial charge in [-0.05, 0) is 25.0 Å². The fourth-order valence-corrected chi connectivity index (χ4v) is 1.95. The number of hydrogen-bond donors (Lipinski definition) is 0. The average molecular weight is 207 g/mol. The van der Waals surface area contributed by atoms with Crippen LogP contribution in [0.1, 0.15) is 31.4 Å². The van der Waals surface area contributed by atoms with Gasteiger partial charge in [-0.2, -0.15) is 0 Å². The van der Waals surface area contributed by atoms with Crippen molar-refractivity contribution in [2.45, 2.75) is 38.1 Å². The molecule has 2 heterocycles. The summed E-state index contributed by atoms with van der Waals surface area (Å²) >= 11 is 0. The third kappa shape index (κ3) is 2.85. The Labute approximate surface area is 90.1 Å². The Kier molecular flexibility index (Phi) is 3.43. The van der Waals surface area contributed by atoms with Crippen LogP contribution in [0.4, 0.5) is 0 Å². The molecule has 0 radical (unpaired) electrons. The van der Waals surface area contributed by atoms with Gasteiger partial charge in [-0.1, -0.05) is 6.42 Å². The predicted octanol–water partition coefficient (Wildman–Crippen LogP) is 2.81. The molecular weight excluding hydrogens is 190 g/mol. The molecule has 1 aromatic heterocycles. The first-order chi connectivity index (χ1) is 7.38. The standard InChI is InChI=1S/C12H17NO2/c1-14-12-7-3-2-5-10(13-12)9-11-6-4-8-15-11/h4,6,8,10H,2-3,5,7,9H2,1H3. The van der Waals surface area contributed by atoms with Crippen molar-refractivity contribution in [2.75, 3.05) is 7.11 Å². The Morgan fingerprint density at radius 3 is 3.20 bits per heavy atom. The summed E-state index contributed by atoms with van der Waals surface area (Å²) in [7, 11) is 1.70. The van der Waals surface area contributed by atoms with Crippen molar-refractivity contribution in [1.29, 1.82) is 0 Å². The van der Waals surface area contributed by atoms with Crippen molar-refractivity contribution in [1.82, 2.24) is 0 Å². The first-order valence-corrected chi connectivity index (χ1v) is 5.51. The molecule has 0 bridgehead atoms. The van der Waals surface area contributed by atoms with Gasteiger partial charge in [-0.25, -0.2) is 0 Å². The van der Waals surface area contributed by atoms with E-state index in [1.807, 2.05) is 12.1 Å². The Morgan fingerprint density at radius 1 is 1.53 bits per heavy atom. The van der Waals surface area contributed by atoms with Crippen molar-refractivity contribution in [3.05, 3.63) is 24.2 Å². The minimum absolute atomic E-state index is 0.327. The van der Waals surface area contributed by atoms with Crippen molar-refractivity contribution in [3.8, 4) is 0 Å². The second-order valence-electron chi connectivity index (χ2n) is 3.91. The third-order valence-electron chi connectivity index (χ3n) is 2.76. The number of furan rings is 1. The molecule has 1 aromatic rings. The molecular formula is C12H17NO2. The van der Waals surface area contributed by atoms with Gasteiger partial charge in [0.1, 0.15) is 5.76 Å². The maximum Gasteiger partial charge on any atom is 0.183 e. The molecule has 0 N–H and O–H groups in total. The third-order valence-corrected chi connectivity index (χ3v) is 2.76. The molecule has 0 spiro atoms. The van der Waals surface area contributed by atoms with Gasteiger partial charge in [0.15, 0.2) is 5.90 Å². The smallest absolute Gasteiger partial charge is 0.183 e. The van der Waals surface area contributed by atoms with Gasteiger partial charge in [0.25, 0.3) is 0 Å². The van der Waals surface area contributed by atoms with E-state index in [0.717, 1.165) is 30.9 Å². The van der Waals surface area contributed by atoms with Gasteiger partial charge < -0.3 is 9.15 Å². The highest BCUT2D eigenvalue weighted by atomic mass is 16.5. The van der Waals surface area contributed by atoms with Crippen molar-refractivity contribution < 1.29 is 9.15 Å². The lowest BCUT2D eigenvalue weighted by atomic mass is 10.1. The minimum atomic E-state index is 0.327. The minimum Gasteiger partial charge on any atom is -0.484 e. The fourth-order valence-electron chi connectivity index (χ4n) is 1.95. The number of rotatable bonds is 2. The molecule has 0 aliphatic carbocycles. The van der Waals surface area contributed by atoms with Crippen LogP contribution in [0.2, 0.25) is 0 Å². The largest absolute Gasteiger partial charge is 0.484 e. The molecule has 0 aromatic carbocycles. The van der Waals surface area contributed by atoms with Crippen LogP contribution >= 0.6 is 0 Å². The topological polar surface area (TPSA) is 34.7 Å². The Morgan fingerprint density at radius 2 is 2.47 bits per heavy atom. The van der Waals surface area contributed by atoms with Crippen molar-refractivity contribution in [3.63, 3.8) is 0 Å². The molecule has 0 amide bonds. The lowest BCUT2D eigenvalue weighted by Crippen LogP contribution is -2.10. The molecule has 3 heteroatoms. The molecule has 0 fully saturated rings. The summed E-state index contributed by atoms with van der Waals surface area (Å²) in [5.41, 5.74) is 0. The van der Waals surface area contributed by atoms with Crippen LogP contribution in [0, 0.1) is 0 Å². The fraction of sp³-hybridized carbons (Fsp3) is 0.583. The zero-order valence-electron chi connectivity index (χ0n) is 9.11. The summed E-state index contributed by atoms with van der Waals surface area (Å²) in [5.74, 6) is 1.91. The first-order valence-electron chi connectivity index (χ1n) is 5.51. The van der Waals surface area contributed by atoms with E-state index in [1.54, 1.807) is 13.4 Å². The van der Waals surface area contributed by atoms with Crippen LogP contribution < -0.4 is 0 Å². The maximum atomic E-state index is 5.34. The molecule has 82 valence electrons. The second kappa shape index (κ2) is 5.01. The Bertz CT molecular complexity index is 316. The molecule has 0 saturated carbocycles. The first kappa shape index (κ1) is 10.3. The van der Waals surface area contributed by atoms with E-state index in [2.05, 4.69) is 4.99 Å². The predicted molar refractivity (Wildman–Crippen MR) is 59.1 cm³/mol. The number of methoxy groups -OCH3 is 1. The zero-order valence-corrected chi connectivity index (χ0v) is 9.11. The summed E-state index contributed by atoms with van der Waals surface area (Å²) in [6.45, 7) is 0. The van der Waals surface area contributed by atoms with Crippen LogP contribution in [0.15, 0.2) is 27.8 Å². The molecule has 1 unspecified atom stereocenters. The summed E-state index contributed by atoms with van der Waals surface area (Å²) in [4.78, 5) is 4.60. The second-order valence-corrected chi connectivity index (χ2v) is 3.91. The zero-order chi connectivity index (χ0) is 10.5. The number of nitrogens with zero attached hydrogens (tertiary/aromatic N) is 1. The van der Waals surface area contributed by atoms with E-state index in [4.69, 9.17) is 9.15 Å². The summed E-state index contributed by atoms with van der Waals surface area (Å²) < 4.78 is 10.6. The van der Waals surface area contributed by atoms with E-state index in [1.165, 1.54) is 12.8 Å². The lowest BCUT2D eigenvalue weighted by molar-refractivity contribution is 0.385. The van der Waals surface area contributed by atoms with Gasteiger partial charge in [0.2, 0.25) is 0 Å². The number of aliphatic imine (C=N–C) groups is 1. The molecule has 1 atom stereocenters. The number of ether oxygens (including phenoxy) is 1. The molecule has 3 nitrogen and oxygen atoms in total. The van der Waals surface area contributed by atoms with Crippen LogP contribution in [-0.4, -0.2) is 19.0 Å². The van der Waals surface area contributed by atoms with Crippen LogP contribution in [0.25, 0.3) is 0 Å². The van der Waals surface area contributed by atoms with E-state index in [0.29, 0.717) is 6.04 Å². The van der Waals surface area contributed by atoms with Gasteiger partial charge in [0, 0.05) is 12.8 Å². The molecule has 1 aliphatic heterocycles. The van der Waals surface area contributed by atoms with E-state index in [-0.39, 0.29) is 0 Å². The lowest BCUT2D eigenvalue weighted by Gasteiger charge is -2.08. The Hall–Kier alpha value is -1.25. The Balaban J connectivity index is 2.00. The van der Waals surface area contributed by atoms with Crippen LogP contribution in [-0.2, 0) is 11.2 Å². The molecule has 2 rings (SSSR count). The molecule has 0 saturated heterocycles. The monoisotopic (exact) mass is 207 g/mol. The van der Waals surface area contributed by atoms with Gasteiger partial charge >= 0.3 is 0 Å². The van der Waals surface area contributed by atoms with E-state index >= 15 is 0 Å².